The zero-order chi connectivity index (χ0) is 14.7. The minimum Gasteiger partial charge on any atom is -0.461 e. The lowest BCUT2D eigenvalue weighted by atomic mass is 10.1. The van der Waals surface area contributed by atoms with Gasteiger partial charge in [-0.1, -0.05) is 6.92 Å². The van der Waals surface area contributed by atoms with Crippen LogP contribution in [0.1, 0.15) is 19.6 Å². The van der Waals surface area contributed by atoms with Gasteiger partial charge in [-0.3, -0.25) is 0 Å². The summed E-state index contributed by atoms with van der Waals surface area (Å²) in [4.78, 5) is 0. The first-order valence-corrected chi connectivity index (χ1v) is 6.49. The number of nitrogens with one attached hydrogen (secondary N) is 1. The van der Waals surface area contributed by atoms with Crippen LogP contribution in [0, 0.1) is 17.5 Å². The van der Waals surface area contributed by atoms with E-state index < -0.39 is 17.5 Å². The van der Waals surface area contributed by atoms with Crippen molar-refractivity contribution in [1.29, 1.82) is 0 Å². The van der Waals surface area contributed by atoms with Gasteiger partial charge in [-0.25, -0.2) is 13.2 Å². The molecule has 5 heteroatoms. The van der Waals surface area contributed by atoms with E-state index in [9.17, 15) is 13.2 Å². The van der Waals surface area contributed by atoms with Crippen molar-refractivity contribution in [3.63, 3.8) is 0 Å². The summed E-state index contributed by atoms with van der Waals surface area (Å²) in [5.74, 6) is -3.07. The molecular formula is C15H16F3NO. The summed E-state index contributed by atoms with van der Waals surface area (Å²) in [7, 11) is 0. The maximum atomic E-state index is 13.7. The summed E-state index contributed by atoms with van der Waals surface area (Å²) in [6.07, 6.45) is 0.638. The first-order chi connectivity index (χ1) is 9.52. The van der Waals surface area contributed by atoms with Crippen LogP contribution in [0.5, 0.6) is 0 Å². The second-order valence-corrected chi connectivity index (χ2v) is 4.65. The number of halogens is 3. The summed E-state index contributed by atoms with van der Waals surface area (Å²) in [6.45, 7) is 4.84. The molecule has 0 saturated carbocycles. The summed E-state index contributed by atoms with van der Waals surface area (Å²) in [6, 6.07) is 5.54. The topological polar surface area (TPSA) is 25.2 Å². The molecule has 0 aliphatic rings. The molecule has 0 spiro atoms. The first-order valence-electron chi connectivity index (χ1n) is 6.49. The molecule has 0 amide bonds. The van der Waals surface area contributed by atoms with Gasteiger partial charge in [-0.2, -0.15) is 0 Å². The molecule has 1 N–H and O–H groups in total. The van der Waals surface area contributed by atoms with E-state index in [-0.39, 0.29) is 17.4 Å². The fourth-order valence-corrected chi connectivity index (χ4v) is 2.07. The SMILES string of the molecule is CCNC(C)Cc1ccc(-c2ccc(F)c(F)c2F)o1. The van der Waals surface area contributed by atoms with Crippen molar-refractivity contribution in [2.45, 2.75) is 26.3 Å². The molecule has 0 radical (unpaired) electrons. The van der Waals surface area contributed by atoms with Crippen molar-refractivity contribution in [2.75, 3.05) is 6.54 Å². The highest BCUT2D eigenvalue weighted by atomic mass is 19.2. The van der Waals surface area contributed by atoms with Gasteiger partial charge in [0.2, 0.25) is 0 Å². The van der Waals surface area contributed by atoms with Gasteiger partial charge < -0.3 is 9.73 Å². The van der Waals surface area contributed by atoms with Crippen LogP contribution in [0.2, 0.25) is 0 Å². The molecule has 108 valence electrons. The fraction of sp³-hybridized carbons (Fsp3) is 0.333. The predicted octanol–water partition coefficient (Wildman–Crippen LogP) is 3.90. The monoisotopic (exact) mass is 283 g/mol. The van der Waals surface area contributed by atoms with Crippen LogP contribution in [0.4, 0.5) is 13.2 Å². The minimum atomic E-state index is -1.48. The van der Waals surface area contributed by atoms with Crippen LogP contribution < -0.4 is 5.32 Å². The highest BCUT2D eigenvalue weighted by Crippen LogP contribution is 2.27. The zero-order valence-electron chi connectivity index (χ0n) is 11.3. The lowest BCUT2D eigenvalue weighted by molar-refractivity contribution is 0.442. The normalized spacial score (nSPS) is 12.7. The fourth-order valence-electron chi connectivity index (χ4n) is 2.07. The zero-order valence-corrected chi connectivity index (χ0v) is 11.3. The molecule has 0 saturated heterocycles. The number of furan rings is 1. The third kappa shape index (κ3) is 3.04. The Kier molecular flexibility index (Phi) is 4.49. The Morgan fingerprint density at radius 2 is 1.85 bits per heavy atom. The smallest absolute Gasteiger partial charge is 0.195 e. The van der Waals surface area contributed by atoms with Gasteiger partial charge in [0, 0.05) is 12.5 Å². The van der Waals surface area contributed by atoms with Crippen molar-refractivity contribution in [3.8, 4) is 11.3 Å². The van der Waals surface area contributed by atoms with E-state index in [2.05, 4.69) is 5.32 Å². The number of benzene rings is 1. The molecule has 1 aromatic heterocycles. The molecule has 2 aromatic rings. The summed E-state index contributed by atoms with van der Waals surface area (Å²) in [5, 5.41) is 3.23. The summed E-state index contributed by atoms with van der Waals surface area (Å²) in [5.41, 5.74) is -0.0775. The average Bonchev–Trinajstić information content (AvgIpc) is 2.84. The Morgan fingerprint density at radius 3 is 2.55 bits per heavy atom. The van der Waals surface area contributed by atoms with E-state index in [1.54, 1.807) is 12.1 Å². The van der Waals surface area contributed by atoms with Gasteiger partial charge in [0.25, 0.3) is 0 Å². The van der Waals surface area contributed by atoms with Gasteiger partial charge in [0.05, 0.1) is 5.56 Å². The van der Waals surface area contributed by atoms with Gasteiger partial charge in [0.1, 0.15) is 11.5 Å². The number of hydrogen-bond donors (Lipinski definition) is 1. The largest absolute Gasteiger partial charge is 0.461 e. The highest BCUT2D eigenvalue weighted by molar-refractivity contribution is 5.58. The van der Waals surface area contributed by atoms with Crippen LogP contribution in [0.3, 0.4) is 0 Å². The van der Waals surface area contributed by atoms with Crippen molar-refractivity contribution in [3.05, 3.63) is 47.5 Å². The van der Waals surface area contributed by atoms with Crippen LogP contribution >= 0.6 is 0 Å². The van der Waals surface area contributed by atoms with Gasteiger partial charge >= 0.3 is 0 Å². The maximum absolute atomic E-state index is 13.7. The molecule has 0 aliphatic carbocycles. The second-order valence-electron chi connectivity index (χ2n) is 4.65. The van der Waals surface area contributed by atoms with Gasteiger partial charge in [-0.15, -0.1) is 0 Å². The molecule has 0 bridgehead atoms. The van der Waals surface area contributed by atoms with Crippen LogP contribution in [-0.4, -0.2) is 12.6 Å². The Labute approximate surface area is 115 Å². The standard InChI is InChI=1S/C15H16F3NO/c1-3-19-9(2)8-10-4-7-13(20-10)11-5-6-12(16)15(18)14(11)17/h4-7,9,19H,3,8H2,1-2H3. The van der Waals surface area contributed by atoms with Crippen molar-refractivity contribution in [2.24, 2.45) is 0 Å². The molecule has 1 atom stereocenters. The van der Waals surface area contributed by atoms with E-state index in [1.165, 1.54) is 6.07 Å². The molecular weight excluding hydrogens is 267 g/mol. The first kappa shape index (κ1) is 14.7. The molecule has 1 unspecified atom stereocenters. The van der Waals surface area contributed by atoms with Gasteiger partial charge in [-0.05, 0) is 37.7 Å². The van der Waals surface area contributed by atoms with Crippen molar-refractivity contribution < 1.29 is 17.6 Å². The molecule has 1 aromatic carbocycles. The predicted molar refractivity (Wildman–Crippen MR) is 70.9 cm³/mol. The van der Waals surface area contributed by atoms with Gasteiger partial charge in [0.15, 0.2) is 17.5 Å². The molecule has 2 nitrogen and oxygen atoms in total. The van der Waals surface area contributed by atoms with Crippen LogP contribution in [0.15, 0.2) is 28.7 Å². The molecule has 20 heavy (non-hydrogen) atoms. The molecule has 0 fully saturated rings. The summed E-state index contributed by atoms with van der Waals surface area (Å²) >= 11 is 0. The third-order valence-corrected chi connectivity index (χ3v) is 3.02. The van der Waals surface area contributed by atoms with Crippen LogP contribution in [0.25, 0.3) is 11.3 Å². The molecule has 2 rings (SSSR count). The summed E-state index contributed by atoms with van der Waals surface area (Å²) < 4.78 is 45.2. The van der Waals surface area contributed by atoms with Crippen molar-refractivity contribution in [1.82, 2.24) is 5.32 Å². The number of hydrogen-bond acceptors (Lipinski definition) is 2. The van der Waals surface area contributed by atoms with E-state index in [1.807, 2.05) is 13.8 Å². The van der Waals surface area contributed by atoms with E-state index in [0.717, 1.165) is 12.6 Å². The maximum Gasteiger partial charge on any atom is 0.195 e. The Bertz CT molecular complexity index is 595. The Hall–Kier alpha value is -1.75. The molecule has 1 heterocycles. The second kappa shape index (κ2) is 6.13. The highest BCUT2D eigenvalue weighted by Gasteiger charge is 2.17. The van der Waals surface area contributed by atoms with E-state index in [0.29, 0.717) is 12.2 Å². The van der Waals surface area contributed by atoms with Crippen LogP contribution in [-0.2, 0) is 6.42 Å². The lowest BCUT2D eigenvalue weighted by Crippen LogP contribution is -2.27. The minimum absolute atomic E-state index is 0.0775. The number of rotatable bonds is 5. The average molecular weight is 283 g/mol. The third-order valence-electron chi connectivity index (χ3n) is 3.02. The molecule has 0 aliphatic heterocycles. The van der Waals surface area contributed by atoms with Crippen molar-refractivity contribution >= 4 is 0 Å². The Morgan fingerprint density at radius 1 is 1.10 bits per heavy atom. The lowest BCUT2D eigenvalue weighted by Gasteiger charge is -2.09. The quantitative estimate of drug-likeness (QED) is 0.842. The number of likely N-dealkylation sites (N-methyl/N-ethyl adjacent to an activating group) is 1. The van der Waals surface area contributed by atoms with E-state index >= 15 is 0 Å². The Balaban J connectivity index is 2.23. The van der Waals surface area contributed by atoms with E-state index in [4.69, 9.17) is 4.42 Å².